The van der Waals surface area contributed by atoms with Crippen molar-refractivity contribution in [3.05, 3.63) is 28.2 Å². The average molecular weight is 297 g/mol. The minimum Gasteiger partial charge on any atom is -0.338 e. The fourth-order valence-electron chi connectivity index (χ4n) is 2.23. The SMILES string of the molecule is CC(=O)NC1(C)C(=O)N(C)c2ccc(Br)cc21. The molecule has 1 aliphatic rings. The lowest BCUT2D eigenvalue weighted by atomic mass is 9.93. The predicted octanol–water partition coefficient (Wildman–Crippen LogP) is 1.78. The number of anilines is 1. The number of rotatable bonds is 1. The maximum absolute atomic E-state index is 12.2. The normalized spacial score (nSPS) is 22.6. The van der Waals surface area contributed by atoms with Gasteiger partial charge < -0.3 is 10.2 Å². The zero-order valence-electron chi connectivity index (χ0n) is 9.87. The van der Waals surface area contributed by atoms with Gasteiger partial charge in [0, 0.05) is 29.7 Å². The molecule has 0 radical (unpaired) electrons. The van der Waals surface area contributed by atoms with Crippen LogP contribution in [0.15, 0.2) is 22.7 Å². The molecule has 2 rings (SSSR count). The topological polar surface area (TPSA) is 49.4 Å². The van der Waals surface area contributed by atoms with Crippen LogP contribution in [0.3, 0.4) is 0 Å². The molecular weight excluding hydrogens is 284 g/mol. The number of nitrogens with one attached hydrogen (secondary N) is 1. The van der Waals surface area contributed by atoms with E-state index in [1.807, 2.05) is 18.2 Å². The van der Waals surface area contributed by atoms with Gasteiger partial charge in [0.15, 0.2) is 0 Å². The summed E-state index contributed by atoms with van der Waals surface area (Å²) in [5.41, 5.74) is 0.670. The third-order valence-electron chi connectivity index (χ3n) is 3.02. The van der Waals surface area contributed by atoms with Gasteiger partial charge in [0.2, 0.25) is 5.91 Å². The van der Waals surface area contributed by atoms with Gasteiger partial charge in [-0.1, -0.05) is 15.9 Å². The smallest absolute Gasteiger partial charge is 0.256 e. The van der Waals surface area contributed by atoms with Gasteiger partial charge in [-0.2, -0.15) is 0 Å². The monoisotopic (exact) mass is 296 g/mol. The Morgan fingerprint density at radius 3 is 2.71 bits per heavy atom. The number of fused-ring (bicyclic) bond motifs is 1. The number of benzene rings is 1. The summed E-state index contributed by atoms with van der Waals surface area (Å²) in [6.07, 6.45) is 0. The van der Waals surface area contributed by atoms with Crippen LogP contribution in [0.25, 0.3) is 0 Å². The summed E-state index contributed by atoms with van der Waals surface area (Å²) in [6.45, 7) is 3.14. The number of carbonyl (C=O) groups excluding carboxylic acids is 2. The Morgan fingerprint density at radius 2 is 2.12 bits per heavy atom. The maximum Gasteiger partial charge on any atom is 0.256 e. The van der Waals surface area contributed by atoms with Gasteiger partial charge in [0.05, 0.1) is 0 Å². The molecule has 2 amide bonds. The number of hydrogen-bond donors (Lipinski definition) is 1. The summed E-state index contributed by atoms with van der Waals surface area (Å²) < 4.78 is 0.885. The highest BCUT2D eigenvalue weighted by Crippen LogP contribution is 2.40. The Bertz CT molecular complexity index is 515. The van der Waals surface area contributed by atoms with Gasteiger partial charge in [-0.05, 0) is 25.1 Å². The molecule has 5 heteroatoms. The van der Waals surface area contributed by atoms with Crippen molar-refractivity contribution in [1.29, 1.82) is 0 Å². The number of nitrogens with zero attached hydrogens (tertiary/aromatic N) is 1. The summed E-state index contributed by atoms with van der Waals surface area (Å²) in [7, 11) is 1.71. The predicted molar refractivity (Wildman–Crippen MR) is 68.7 cm³/mol. The Hall–Kier alpha value is -1.36. The molecule has 1 heterocycles. The van der Waals surface area contributed by atoms with Crippen molar-refractivity contribution in [1.82, 2.24) is 5.32 Å². The molecule has 4 nitrogen and oxygen atoms in total. The van der Waals surface area contributed by atoms with E-state index in [2.05, 4.69) is 21.2 Å². The molecule has 17 heavy (non-hydrogen) atoms. The fourth-order valence-corrected chi connectivity index (χ4v) is 2.60. The Balaban J connectivity index is 2.60. The first-order valence-electron chi connectivity index (χ1n) is 5.23. The van der Waals surface area contributed by atoms with Gasteiger partial charge in [-0.15, -0.1) is 0 Å². The minimum atomic E-state index is -0.973. The third kappa shape index (κ3) is 1.74. The van der Waals surface area contributed by atoms with Gasteiger partial charge in [-0.25, -0.2) is 0 Å². The van der Waals surface area contributed by atoms with Crippen LogP contribution in [0.2, 0.25) is 0 Å². The highest BCUT2D eigenvalue weighted by molar-refractivity contribution is 9.10. The second-order valence-electron chi connectivity index (χ2n) is 4.33. The zero-order valence-corrected chi connectivity index (χ0v) is 11.5. The van der Waals surface area contributed by atoms with E-state index in [9.17, 15) is 9.59 Å². The number of amides is 2. The first kappa shape index (κ1) is 12.1. The molecule has 0 aliphatic carbocycles. The van der Waals surface area contributed by atoms with E-state index in [1.165, 1.54) is 6.92 Å². The standard InChI is InChI=1S/C12H13BrN2O2/c1-7(16)14-12(2)9-6-8(13)4-5-10(9)15(3)11(12)17/h4-6H,1-3H3,(H,14,16). The van der Waals surface area contributed by atoms with Crippen molar-refractivity contribution in [2.75, 3.05) is 11.9 Å². The van der Waals surface area contributed by atoms with Gasteiger partial charge in [-0.3, -0.25) is 9.59 Å². The summed E-state index contributed by atoms with van der Waals surface area (Å²) >= 11 is 3.38. The third-order valence-corrected chi connectivity index (χ3v) is 3.51. The van der Waals surface area contributed by atoms with Crippen LogP contribution in [0, 0.1) is 0 Å². The molecule has 0 aromatic heterocycles. The van der Waals surface area contributed by atoms with Crippen molar-refractivity contribution in [3.63, 3.8) is 0 Å². The largest absolute Gasteiger partial charge is 0.338 e. The van der Waals surface area contributed by atoms with Gasteiger partial charge in [0.25, 0.3) is 5.91 Å². The molecule has 90 valence electrons. The zero-order chi connectivity index (χ0) is 12.8. The van der Waals surface area contributed by atoms with E-state index in [-0.39, 0.29) is 11.8 Å². The molecular formula is C12H13BrN2O2. The van der Waals surface area contributed by atoms with Gasteiger partial charge >= 0.3 is 0 Å². The number of likely N-dealkylation sites (N-methyl/N-ethyl adjacent to an activating group) is 1. The molecule has 1 unspecified atom stereocenters. The lowest BCUT2D eigenvalue weighted by molar-refractivity contribution is -0.129. The minimum absolute atomic E-state index is 0.124. The van der Waals surface area contributed by atoms with E-state index >= 15 is 0 Å². The lowest BCUT2D eigenvalue weighted by Crippen LogP contribution is -2.49. The Morgan fingerprint density at radius 1 is 1.47 bits per heavy atom. The van der Waals surface area contributed by atoms with E-state index in [0.29, 0.717) is 0 Å². The highest BCUT2D eigenvalue weighted by atomic mass is 79.9. The average Bonchev–Trinajstić information content (AvgIpc) is 2.41. The molecule has 0 fully saturated rings. The quantitative estimate of drug-likeness (QED) is 0.859. The first-order valence-corrected chi connectivity index (χ1v) is 6.02. The van der Waals surface area contributed by atoms with Crippen molar-refractivity contribution in [2.24, 2.45) is 0 Å². The van der Waals surface area contributed by atoms with Crippen LogP contribution in [-0.4, -0.2) is 18.9 Å². The van der Waals surface area contributed by atoms with Crippen molar-refractivity contribution in [3.8, 4) is 0 Å². The van der Waals surface area contributed by atoms with E-state index in [0.717, 1.165) is 15.7 Å². The van der Waals surface area contributed by atoms with Crippen LogP contribution in [0.5, 0.6) is 0 Å². The van der Waals surface area contributed by atoms with E-state index in [1.54, 1.807) is 18.9 Å². The van der Waals surface area contributed by atoms with Crippen LogP contribution in [0.4, 0.5) is 5.69 Å². The van der Waals surface area contributed by atoms with Crippen LogP contribution < -0.4 is 10.2 Å². The molecule has 0 saturated heterocycles. The Labute approximate surface area is 108 Å². The lowest BCUT2D eigenvalue weighted by Gasteiger charge is -2.24. The summed E-state index contributed by atoms with van der Waals surface area (Å²) in [6, 6.07) is 5.61. The Kier molecular flexibility index (Phi) is 2.73. The molecule has 0 bridgehead atoms. The molecule has 1 aliphatic heterocycles. The van der Waals surface area contributed by atoms with Crippen LogP contribution >= 0.6 is 15.9 Å². The second kappa shape index (κ2) is 3.84. The molecule has 0 spiro atoms. The molecule has 1 aromatic carbocycles. The van der Waals surface area contributed by atoms with E-state index in [4.69, 9.17) is 0 Å². The van der Waals surface area contributed by atoms with Gasteiger partial charge in [0.1, 0.15) is 5.54 Å². The van der Waals surface area contributed by atoms with Crippen LogP contribution in [0.1, 0.15) is 19.4 Å². The maximum atomic E-state index is 12.2. The molecule has 1 N–H and O–H groups in total. The summed E-state index contributed by atoms with van der Waals surface area (Å²) in [5, 5.41) is 2.73. The van der Waals surface area contributed by atoms with Crippen LogP contribution in [-0.2, 0) is 15.1 Å². The van der Waals surface area contributed by atoms with Crippen molar-refractivity contribution in [2.45, 2.75) is 19.4 Å². The molecule has 1 aromatic rings. The summed E-state index contributed by atoms with van der Waals surface area (Å²) in [4.78, 5) is 25.1. The number of carbonyl (C=O) groups is 2. The highest BCUT2D eigenvalue weighted by Gasteiger charge is 2.46. The first-order chi connectivity index (χ1) is 7.86. The number of halogens is 1. The molecule has 1 atom stereocenters. The molecule has 0 saturated carbocycles. The van der Waals surface area contributed by atoms with E-state index < -0.39 is 5.54 Å². The van der Waals surface area contributed by atoms with Crippen molar-refractivity contribution >= 4 is 33.4 Å². The summed E-state index contributed by atoms with van der Waals surface area (Å²) in [5.74, 6) is -0.345. The second-order valence-corrected chi connectivity index (χ2v) is 5.25. The van der Waals surface area contributed by atoms with Crippen molar-refractivity contribution < 1.29 is 9.59 Å². The number of hydrogen-bond acceptors (Lipinski definition) is 2. The fraction of sp³-hybridized carbons (Fsp3) is 0.333.